The van der Waals surface area contributed by atoms with Gasteiger partial charge >= 0.3 is 0 Å². The molecule has 3 aromatic carbocycles. The molecule has 0 radical (unpaired) electrons. The van der Waals surface area contributed by atoms with Gasteiger partial charge in [-0.15, -0.1) is 0 Å². The molecule has 1 heterocycles. The summed E-state index contributed by atoms with van der Waals surface area (Å²) >= 11 is 0. The lowest BCUT2D eigenvalue weighted by atomic mass is 10.1. The minimum atomic E-state index is -3.61. The molecule has 28 heavy (non-hydrogen) atoms. The predicted octanol–water partition coefficient (Wildman–Crippen LogP) is 3.91. The average molecular weight is 391 g/mol. The standard InChI is InChI=1S/C22H21N3O2S/c1-17-11-13-19(14-12-17)28(26,27)24-15-22(18-7-3-2-4-8-18)25-16-23-20-9-5-6-10-21(20)25/h2-14,16,22,24H,15H2,1H3. The maximum absolute atomic E-state index is 12.8. The van der Waals surface area contributed by atoms with E-state index in [2.05, 4.69) is 9.71 Å². The van der Waals surface area contributed by atoms with Crippen LogP contribution in [0.4, 0.5) is 0 Å². The SMILES string of the molecule is Cc1ccc(S(=O)(=O)NCC(c2ccccc2)n2cnc3ccccc32)cc1. The second-order valence-electron chi connectivity index (χ2n) is 6.73. The van der Waals surface area contributed by atoms with Gasteiger partial charge in [-0.05, 0) is 36.8 Å². The molecular weight excluding hydrogens is 370 g/mol. The van der Waals surface area contributed by atoms with E-state index in [0.717, 1.165) is 22.2 Å². The number of nitrogens with one attached hydrogen (secondary N) is 1. The molecule has 1 N–H and O–H groups in total. The Morgan fingerprint density at radius 3 is 2.36 bits per heavy atom. The van der Waals surface area contributed by atoms with E-state index in [9.17, 15) is 8.42 Å². The smallest absolute Gasteiger partial charge is 0.240 e. The molecule has 0 saturated carbocycles. The Bertz CT molecular complexity index is 1180. The van der Waals surface area contributed by atoms with Crippen LogP contribution >= 0.6 is 0 Å². The minimum Gasteiger partial charge on any atom is -0.322 e. The highest BCUT2D eigenvalue weighted by Crippen LogP contribution is 2.24. The Morgan fingerprint density at radius 2 is 1.61 bits per heavy atom. The summed E-state index contributed by atoms with van der Waals surface area (Å²) in [4.78, 5) is 4.73. The summed E-state index contributed by atoms with van der Waals surface area (Å²) in [6, 6.07) is 24.3. The fraction of sp³-hybridized carbons (Fsp3) is 0.136. The second kappa shape index (κ2) is 7.58. The maximum Gasteiger partial charge on any atom is 0.240 e. The first kappa shape index (κ1) is 18.4. The number of imidazole rings is 1. The van der Waals surface area contributed by atoms with E-state index in [-0.39, 0.29) is 17.5 Å². The molecule has 0 aliphatic carbocycles. The fourth-order valence-electron chi connectivity index (χ4n) is 3.27. The summed E-state index contributed by atoms with van der Waals surface area (Å²) in [5.74, 6) is 0. The van der Waals surface area contributed by atoms with E-state index in [4.69, 9.17) is 0 Å². The third kappa shape index (κ3) is 3.69. The number of para-hydroxylation sites is 2. The lowest BCUT2D eigenvalue weighted by Gasteiger charge is -2.21. The molecule has 0 aliphatic heterocycles. The first-order valence-corrected chi connectivity index (χ1v) is 10.6. The lowest BCUT2D eigenvalue weighted by Crippen LogP contribution is -2.31. The fourth-order valence-corrected chi connectivity index (χ4v) is 4.31. The van der Waals surface area contributed by atoms with Crippen molar-refractivity contribution in [1.82, 2.24) is 14.3 Å². The van der Waals surface area contributed by atoms with E-state index in [1.54, 1.807) is 30.6 Å². The van der Waals surface area contributed by atoms with Crippen LogP contribution in [0.1, 0.15) is 17.2 Å². The van der Waals surface area contributed by atoms with Gasteiger partial charge in [0.1, 0.15) is 0 Å². The second-order valence-corrected chi connectivity index (χ2v) is 8.50. The van der Waals surface area contributed by atoms with Gasteiger partial charge in [0.05, 0.1) is 28.3 Å². The number of hydrogen-bond acceptors (Lipinski definition) is 3. The normalized spacial score (nSPS) is 12.9. The number of benzene rings is 3. The summed E-state index contributed by atoms with van der Waals surface area (Å²) in [7, 11) is -3.61. The van der Waals surface area contributed by atoms with Crippen LogP contribution in [0.25, 0.3) is 11.0 Å². The van der Waals surface area contributed by atoms with Gasteiger partial charge < -0.3 is 4.57 Å². The van der Waals surface area contributed by atoms with Crippen molar-refractivity contribution in [2.45, 2.75) is 17.9 Å². The Morgan fingerprint density at radius 1 is 0.929 bits per heavy atom. The van der Waals surface area contributed by atoms with E-state index in [1.165, 1.54) is 0 Å². The van der Waals surface area contributed by atoms with Crippen molar-refractivity contribution in [3.63, 3.8) is 0 Å². The van der Waals surface area contributed by atoms with Crippen LogP contribution in [-0.2, 0) is 10.0 Å². The van der Waals surface area contributed by atoms with Gasteiger partial charge in [-0.2, -0.15) is 0 Å². The molecule has 0 bridgehead atoms. The number of nitrogens with zero attached hydrogens (tertiary/aromatic N) is 2. The van der Waals surface area contributed by atoms with Gasteiger partial charge in [0.15, 0.2) is 0 Å². The van der Waals surface area contributed by atoms with Crippen molar-refractivity contribution < 1.29 is 8.42 Å². The van der Waals surface area contributed by atoms with E-state index in [0.29, 0.717) is 0 Å². The van der Waals surface area contributed by atoms with Crippen LogP contribution < -0.4 is 4.72 Å². The quantitative estimate of drug-likeness (QED) is 0.542. The third-order valence-corrected chi connectivity index (χ3v) is 6.24. The Labute approximate surface area is 164 Å². The topological polar surface area (TPSA) is 64.0 Å². The first-order valence-electron chi connectivity index (χ1n) is 9.07. The average Bonchev–Trinajstić information content (AvgIpc) is 3.13. The van der Waals surface area contributed by atoms with Gasteiger partial charge in [-0.3, -0.25) is 0 Å². The molecule has 6 heteroatoms. The largest absolute Gasteiger partial charge is 0.322 e. The van der Waals surface area contributed by atoms with Crippen LogP contribution in [0.2, 0.25) is 0 Å². The number of aromatic nitrogens is 2. The minimum absolute atomic E-state index is 0.214. The van der Waals surface area contributed by atoms with Gasteiger partial charge in [0, 0.05) is 6.54 Å². The van der Waals surface area contributed by atoms with Gasteiger partial charge in [0.25, 0.3) is 0 Å². The molecule has 0 spiro atoms. The Balaban J connectivity index is 1.68. The molecule has 1 unspecified atom stereocenters. The lowest BCUT2D eigenvalue weighted by molar-refractivity contribution is 0.549. The van der Waals surface area contributed by atoms with E-state index in [1.807, 2.05) is 66.1 Å². The zero-order valence-electron chi connectivity index (χ0n) is 15.5. The van der Waals surface area contributed by atoms with Crippen molar-refractivity contribution in [3.05, 3.63) is 96.3 Å². The summed E-state index contributed by atoms with van der Waals surface area (Å²) in [5, 5.41) is 0. The molecule has 0 amide bonds. The molecule has 0 saturated heterocycles. The molecule has 0 fully saturated rings. The van der Waals surface area contributed by atoms with E-state index >= 15 is 0 Å². The molecule has 4 aromatic rings. The molecule has 4 rings (SSSR count). The van der Waals surface area contributed by atoms with Crippen molar-refractivity contribution in [3.8, 4) is 0 Å². The molecule has 1 aromatic heterocycles. The Hall–Kier alpha value is -2.96. The zero-order chi connectivity index (χ0) is 19.6. The van der Waals surface area contributed by atoms with Gasteiger partial charge in [0.2, 0.25) is 10.0 Å². The van der Waals surface area contributed by atoms with Crippen LogP contribution in [-0.4, -0.2) is 24.5 Å². The van der Waals surface area contributed by atoms with Crippen LogP contribution in [0.15, 0.2) is 90.1 Å². The summed E-state index contributed by atoms with van der Waals surface area (Å²) in [6.45, 7) is 2.15. The zero-order valence-corrected chi connectivity index (χ0v) is 16.3. The van der Waals surface area contributed by atoms with Crippen molar-refractivity contribution in [2.75, 3.05) is 6.54 Å². The van der Waals surface area contributed by atoms with Crippen molar-refractivity contribution in [1.29, 1.82) is 0 Å². The highest BCUT2D eigenvalue weighted by molar-refractivity contribution is 7.89. The van der Waals surface area contributed by atoms with E-state index < -0.39 is 10.0 Å². The number of fused-ring (bicyclic) bond motifs is 1. The summed E-state index contributed by atoms with van der Waals surface area (Å²) in [5.41, 5.74) is 3.87. The van der Waals surface area contributed by atoms with Crippen LogP contribution in [0.5, 0.6) is 0 Å². The monoisotopic (exact) mass is 391 g/mol. The Kier molecular flexibility index (Phi) is 4.98. The summed E-state index contributed by atoms with van der Waals surface area (Å²) in [6.07, 6.45) is 1.77. The molecular formula is C22H21N3O2S. The van der Waals surface area contributed by atoms with Crippen LogP contribution in [0.3, 0.4) is 0 Å². The first-order chi connectivity index (χ1) is 13.5. The van der Waals surface area contributed by atoms with Gasteiger partial charge in [-0.1, -0.05) is 60.2 Å². The molecule has 1 atom stereocenters. The highest BCUT2D eigenvalue weighted by atomic mass is 32.2. The summed E-state index contributed by atoms with van der Waals surface area (Å²) < 4.78 is 30.3. The highest BCUT2D eigenvalue weighted by Gasteiger charge is 2.20. The number of rotatable bonds is 6. The third-order valence-electron chi connectivity index (χ3n) is 4.80. The number of sulfonamides is 1. The molecule has 0 aliphatic rings. The van der Waals surface area contributed by atoms with Gasteiger partial charge in [-0.25, -0.2) is 18.1 Å². The molecule has 142 valence electrons. The van der Waals surface area contributed by atoms with Crippen molar-refractivity contribution >= 4 is 21.1 Å². The van der Waals surface area contributed by atoms with Crippen molar-refractivity contribution in [2.24, 2.45) is 0 Å². The molecule has 5 nitrogen and oxygen atoms in total. The number of hydrogen-bond donors (Lipinski definition) is 1. The van der Waals surface area contributed by atoms with Crippen LogP contribution in [0, 0.1) is 6.92 Å². The maximum atomic E-state index is 12.8. The number of aryl methyl sites for hydroxylation is 1. The predicted molar refractivity (Wildman–Crippen MR) is 111 cm³/mol.